The smallest absolute Gasteiger partial charge is 0.283 e. The molecule has 3 atom stereocenters. The van der Waals surface area contributed by atoms with Crippen LogP contribution < -0.4 is 0 Å². The van der Waals surface area contributed by atoms with Gasteiger partial charge in [0.15, 0.2) is 14.6 Å². The van der Waals surface area contributed by atoms with Gasteiger partial charge < -0.3 is 18.9 Å². The zero-order valence-corrected chi connectivity index (χ0v) is 12.4. The minimum atomic E-state index is -2.24. The number of hydrogen-bond acceptors (Lipinski definition) is 4. The molecule has 2 radical (unpaired) electrons. The number of methoxy groups -OCH3 is 1. The van der Waals surface area contributed by atoms with Crippen molar-refractivity contribution in [3.8, 4) is 0 Å². The van der Waals surface area contributed by atoms with E-state index in [1.165, 1.54) is 0 Å². The van der Waals surface area contributed by atoms with Crippen LogP contribution in [0, 0.1) is 5.92 Å². The third-order valence-corrected chi connectivity index (χ3v) is 7.58. The lowest BCUT2D eigenvalue weighted by Crippen LogP contribution is -2.42. The van der Waals surface area contributed by atoms with Crippen LogP contribution in [0.25, 0.3) is 0 Å². The molecule has 1 aliphatic heterocycles. The second-order valence-corrected chi connectivity index (χ2v) is 10.4. The maximum Gasteiger partial charge on any atom is 0.283 e. The first-order chi connectivity index (χ1) is 7.73. The topological polar surface area (TPSA) is 47.9 Å². The minimum Gasteiger partial charge on any atom is -0.442 e. The summed E-state index contributed by atoms with van der Waals surface area (Å²) in [6.45, 7) is 8.50. The molecule has 1 saturated heterocycles. The van der Waals surface area contributed by atoms with E-state index in [1.807, 2.05) is 13.1 Å². The van der Waals surface area contributed by atoms with Gasteiger partial charge in [-0.25, -0.2) is 0 Å². The Bertz CT molecular complexity index is 242. The van der Waals surface area contributed by atoms with Gasteiger partial charge in [0, 0.05) is 13.0 Å². The summed E-state index contributed by atoms with van der Waals surface area (Å²) in [4.78, 5) is 10.3. The van der Waals surface area contributed by atoms with E-state index < -0.39 is 8.32 Å². The van der Waals surface area contributed by atoms with Gasteiger partial charge in [-0.1, -0.05) is 13.8 Å². The Morgan fingerprint density at radius 1 is 1.47 bits per heavy atom. The molecule has 0 aromatic rings. The molecule has 17 heavy (non-hydrogen) atoms. The third kappa shape index (κ3) is 3.32. The first kappa shape index (κ1) is 15.2. The summed E-state index contributed by atoms with van der Waals surface area (Å²) in [6, 6.07) is 0. The lowest BCUT2D eigenvalue weighted by Gasteiger charge is -2.38. The number of rotatable bonds is 5. The van der Waals surface area contributed by atoms with Gasteiger partial charge in [0.2, 0.25) is 0 Å². The monoisotopic (exact) mass is 258 g/mol. The van der Waals surface area contributed by atoms with E-state index in [9.17, 15) is 4.80 Å². The zero-order chi connectivity index (χ0) is 13.3. The first-order valence-corrected chi connectivity index (χ1v) is 8.90. The highest BCUT2D eigenvalue weighted by atomic mass is 28.4. The van der Waals surface area contributed by atoms with Crippen molar-refractivity contribution in [2.75, 3.05) is 13.7 Å². The zero-order valence-electron chi connectivity index (χ0n) is 11.4. The fourth-order valence-electron chi connectivity index (χ4n) is 2.06. The molecule has 98 valence electrons. The molecule has 1 N–H and O–H groups in total. The highest BCUT2D eigenvalue weighted by Crippen LogP contribution is 2.45. The summed E-state index contributed by atoms with van der Waals surface area (Å²) < 4.78 is 15.7. The Morgan fingerprint density at radius 2 is 2.06 bits per heavy atom. The van der Waals surface area contributed by atoms with Crippen LogP contribution in [0.4, 0.5) is 0 Å². The Hall–Kier alpha value is 0.122. The predicted octanol–water partition coefficient (Wildman–Crippen LogP) is 1.44. The first-order valence-electron chi connectivity index (χ1n) is 5.95. The highest BCUT2D eigenvalue weighted by molar-refractivity contribution is 6.72. The Labute approximate surface area is 106 Å². The summed E-state index contributed by atoms with van der Waals surface area (Å²) in [5, 5.41) is -0.140. The summed E-state index contributed by atoms with van der Waals surface area (Å²) in [5.74, 6) is 0.0684. The lowest BCUT2D eigenvalue weighted by atomic mass is 9.92. The molecular formula is C11H23BO4Si. The normalized spacial score (nSPS) is 30.8. The summed E-state index contributed by atoms with van der Waals surface area (Å²) in [5.41, 5.74) is 0. The number of ether oxygens (including phenoxy) is 2. The van der Waals surface area contributed by atoms with Crippen LogP contribution in [0.5, 0.6) is 0 Å². The maximum absolute atomic E-state index is 10.3. The van der Waals surface area contributed by atoms with Gasteiger partial charge in [0.05, 0.1) is 12.7 Å². The molecule has 6 heteroatoms. The van der Waals surface area contributed by atoms with Crippen molar-refractivity contribution in [1.82, 2.24) is 0 Å². The minimum absolute atomic E-state index is 0.0684. The van der Waals surface area contributed by atoms with E-state index >= 15 is 0 Å². The largest absolute Gasteiger partial charge is 0.442 e. The molecule has 0 saturated carbocycles. The molecule has 0 aromatic carbocycles. The Kier molecular flexibility index (Phi) is 4.82. The van der Waals surface area contributed by atoms with Gasteiger partial charge in [-0.05, 0) is 24.6 Å². The second-order valence-electron chi connectivity index (χ2n) is 5.92. The van der Waals surface area contributed by atoms with Crippen LogP contribution in [-0.2, 0) is 14.1 Å². The van der Waals surface area contributed by atoms with Gasteiger partial charge in [0.25, 0.3) is 8.05 Å². The maximum atomic E-state index is 10.3. The van der Waals surface area contributed by atoms with Crippen LogP contribution in [-0.4, -0.2) is 47.3 Å². The Morgan fingerprint density at radius 3 is 2.47 bits per heavy atom. The third-order valence-electron chi connectivity index (χ3n) is 4.06. The molecular weight excluding hydrogens is 235 g/mol. The molecule has 0 aromatic heterocycles. The van der Waals surface area contributed by atoms with Crippen LogP contribution >= 0.6 is 0 Å². The number of hydrogen-bond donors (Lipinski definition) is 1. The van der Waals surface area contributed by atoms with Crippen LogP contribution in [0.15, 0.2) is 0 Å². The van der Waals surface area contributed by atoms with Gasteiger partial charge in [0.1, 0.15) is 0 Å². The Balaban J connectivity index is 2.77. The van der Waals surface area contributed by atoms with E-state index in [-0.39, 0.29) is 23.4 Å². The van der Waals surface area contributed by atoms with E-state index in [0.29, 0.717) is 6.61 Å². The molecule has 1 fully saturated rings. The summed E-state index contributed by atoms with van der Waals surface area (Å²) in [6.07, 6.45) is 0.332. The summed E-state index contributed by atoms with van der Waals surface area (Å²) >= 11 is 0. The van der Waals surface area contributed by atoms with Crippen molar-refractivity contribution in [1.29, 1.82) is 0 Å². The van der Waals surface area contributed by atoms with Gasteiger partial charge in [-0.15, -0.1) is 0 Å². The fourth-order valence-corrected chi connectivity index (χ4v) is 2.80. The average molecular weight is 258 g/mol. The van der Waals surface area contributed by atoms with Crippen molar-refractivity contribution < 1.29 is 18.9 Å². The molecule has 1 unspecified atom stereocenters. The molecule has 1 aliphatic rings. The van der Waals surface area contributed by atoms with E-state index in [1.54, 1.807) is 7.11 Å². The molecule has 0 spiro atoms. The van der Waals surface area contributed by atoms with Crippen LogP contribution in [0.2, 0.25) is 18.1 Å². The fraction of sp³-hybridized carbons (Fsp3) is 1.00. The van der Waals surface area contributed by atoms with Crippen LogP contribution in [0.1, 0.15) is 20.3 Å². The summed E-state index contributed by atoms with van der Waals surface area (Å²) in [7, 11) is 4.65. The van der Waals surface area contributed by atoms with Crippen molar-refractivity contribution in [2.24, 2.45) is 5.92 Å². The van der Waals surface area contributed by atoms with Crippen LogP contribution in [0.3, 0.4) is 0 Å². The van der Waals surface area contributed by atoms with Crippen molar-refractivity contribution in [2.45, 2.75) is 50.8 Å². The molecule has 1 heterocycles. The standard InChI is InChI=1S/C11H23BO4Si/c1-11(2,17(4,5)13)6-8-9(16-12)7-15-10(8)14-3/h8-10,13H,6-7H2,1-5H3/t8-,9-,10?/m1/s1. The lowest BCUT2D eigenvalue weighted by molar-refractivity contribution is -0.113. The van der Waals surface area contributed by atoms with Gasteiger partial charge in [-0.3, -0.25) is 0 Å². The average Bonchev–Trinajstić information content (AvgIpc) is 2.57. The highest BCUT2D eigenvalue weighted by Gasteiger charge is 2.46. The van der Waals surface area contributed by atoms with Crippen molar-refractivity contribution in [3.63, 3.8) is 0 Å². The van der Waals surface area contributed by atoms with E-state index in [4.69, 9.17) is 22.2 Å². The molecule has 0 aliphatic carbocycles. The molecule has 1 rings (SSSR count). The molecule has 0 amide bonds. The van der Waals surface area contributed by atoms with Crippen molar-refractivity contribution in [3.05, 3.63) is 0 Å². The van der Waals surface area contributed by atoms with E-state index in [2.05, 4.69) is 13.8 Å². The van der Waals surface area contributed by atoms with Gasteiger partial charge >= 0.3 is 0 Å². The quantitative estimate of drug-likeness (QED) is 0.758. The second kappa shape index (κ2) is 5.40. The van der Waals surface area contributed by atoms with Crippen molar-refractivity contribution >= 4 is 16.4 Å². The van der Waals surface area contributed by atoms with Gasteiger partial charge in [-0.2, -0.15) is 0 Å². The molecule has 0 bridgehead atoms. The predicted molar refractivity (Wildman–Crippen MR) is 69.2 cm³/mol. The SMILES string of the molecule is [B]O[C@@H]1COC(OC)[C@@H]1CC(C)(C)[Si](C)(C)O. The van der Waals surface area contributed by atoms with E-state index in [0.717, 1.165) is 6.42 Å². The molecule has 4 nitrogen and oxygen atoms in total.